The van der Waals surface area contributed by atoms with E-state index in [9.17, 15) is 18.0 Å². The lowest BCUT2D eigenvalue weighted by atomic mass is 9.83. The van der Waals surface area contributed by atoms with Gasteiger partial charge in [0.25, 0.3) is 0 Å². The molecule has 248 valence electrons. The molecule has 2 amide bonds. The van der Waals surface area contributed by atoms with Gasteiger partial charge in [-0.25, -0.2) is 13.1 Å². The Bertz CT molecular complexity index is 1480. The summed E-state index contributed by atoms with van der Waals surface area (Å²) in [5.41, 5.74) is 7.73. The van der Waals surface area contributed by atoms with Crippen LogP contribution in [0.3, 0.4) is 0 Å². The Morgan fingerprint density at radius 2 is 1.50 bits per heavy atom. The maximum absolute atomic E-state index is 14.2. The van der Waals surface area contributed by atoms with Crippen LogP contribution in [-0.4, -0.2) is 43.4 Å². The Hall–Kier alpha value is -3.50. The third-order valence-corrected chi connectivity index (χ3v) is 11.2. The van der Waals surface area contributed by atoms with Crippen molar-refractivity contribution in [3.05, 3.63) is 82.9 Å². The number of amides is 2. The minimum Gasteiger partial charge on any atom is -0.384 e. The van der Waals surface area contributed by atoms with E-state index >= 15 is 0 Å². The van der Waals surface area contributed by atoms with Gasteiger partial charge in [0, 0.05) is 24.9 Å². The van der Waals surface area contributed by atoms with Crippen LogP contribution in [-0.2, 0) is 39.0 Å². The Kier molecular flexibility index (Phi) is 11.3. The Morgan fingerprint density at radius 3 is 2.11 bits per heavy atom. The zero-order chi connectivity index (χ0) is 32.6. The van der Waals surface area contributed by atoms with Gasteiger partial charge in [-0.1, -0.05) is 112 Å². The largest absolute Gasteiger partial charge is 0.384 e. The van der Waals surface area contributed by atoms with Crippen molar-refractivity contribution >= 4 is 27.7 Å². The van der Waals surface area contributed by atoms with Gasteiger partial charge in [0.15, 0.2) is 0 Å². The number of nitrogens with two attached hydrogens (primary N) is 1. The number of sulfonamides is 1. The first-order valence-electron chi connectivity index (χ1n) is 16.9. The summed E-state index contributed by atoms with van der Waals surface area (Å²) in [6.07, 6.45) is 15.9. The molecule has 1 atom stereocenters. The summed E-state index contributed by atoms with van der Waals surface area (Å²) in [5, 5.41) is 13.7. The number of rotatable bonds is 13. The first-order valence-corrected chi connectivity index (χ1v) is 18.5. The highest BCUT2D eigenvalue weighted by atomic mass is 32.2. The fraction of sp³-hybridized carbons (Fsp3) is 0.528. The molecule has 0 aromatic heterocycles. The predicted molar refractivity (Wildman–Crippen MR) is 182 cm³/mol. The highest BCUT2D eigenvalue weighted by Gasteiger charge is 2.47. The second kappa shape index (κ2) is 15.4. The molecule has 10 heteroatoms. The van der Waals surface area contributed by atoms with Gasteiger partial charge in [-0.3, -0.25) is 15.0 Å². The average Bonchev–Trinajstić information content (AvgIpc) is 3.45. The smallest absolute Gasteiger partial charge is 0.246 e. The molecule has 2 saturated carbocycles. The normalized spacial score (nSPS) is 19.4. The number of carbonyl (C=O) groups excluding carboxylic acids is 2. The van der Waals surface area contributed by atoms with Crippen molar-refractivity contribution in [3.8, 4) is 0 Å². The first kappa shape index (κ1) is 33.9. The molecule has 2 aromatic carbocycles. The highest BCUT2D eigenvalue weighted by Crippen LogP contribution is 2.33. The molecule has 0 saturated heterocycles. The van der Waals surface area contributed by atoms with Gasteiger partial charge >= 0.3 is 0 Å². The minimum absolute atomic E-state index is 0.0282. The van der Waals surface area contributed by atoms with Crippen molar-refractivity contribution in [2.24, 2.45) is 17.6 Å². The van der Waals surface area contributed by atoms with Crippen molar-refractivity contribution in [2.45, 2.75) is 102 Å². The fourth-order valence-corrected chi connectivity index (χ4v) is 8.54. The summed E-state index contributed by atoms with van der Waals surface area (Å²) in [7, 11) is -3.78. The Labute approximate surface area is 273 Å². The number of benzene rings is 2. The van der Waals surface area contributed by atoms with E-state index in [2.05, 4.69) is 15.4 Å². The van der Waals surface area contributed by atoms with Crippen LogP contribution in [0.15, 0.2) is 60.7 Å². The van der Waals surface area contributed by atoms with E-state index in [1.807, 2.05) is 42.5 Å². The molecule has 9 nitrogen and oxygen atoms in total. The van der Waals surface area contributed by atoms with Crippen LogP contribution < -0.4 is 21.1 Å². The second-order valence-electron chi connectivity index (χ2n) is 13.5. The van der Waals surface area contributed by atoms with E-state index in [4.69, 9.17) is 11.1 Å². The number of nitrogens with one attached hydrogen (secondary N) is 4. The Balaban J connectivity index is 1.31. The summed E-state index contributed by atoms with van der Waals surface area (Å²) in [6, 6.07) is 13.9. The quantitative estimate of drug-likeness (QED) is 0.122. The summed E-state index contributed by atoms with van der Waals surface area (Å²) in [6.45, 7) is 0.233. The third kappa shape index (κ3) is 8.85. The molecule has 2 aromatic rings. The number of allylic oxidation sites excluding steroid dienone is 1. The molecule has 0 radical (unpaired) electrons. The van der Waals surface area contributed by atoms with Crippen LogP contribution >= 0.6 is 0 Å². The molecular weight excluding hydrogens is 598 g/mol. The van der Waals surface area contributed by atoms with E-state index in [-0.39, 0.29) is 30.0 Å². The predicted octanol–water partition coefficient (Wildman–Crippen LogP) is 4.64. The summed E-state index contributed by atoms with van der Waals surface area (Å²) in [4.78, 5) is 28.2. The van der Waals surface area contributed by atoms with Crippen molar-refractivity contribution in [1.82, 2.24) is 15.4 Å². The minimum atomic E-state index is -3.78. The lowest BCUT2D eigenvalue weighted by molar-refractivity contribution is -0.135. The molecule has 3 aliphatic carbocycles. The molecule has 5 rings (SSSR count). The molecule has 6 N–H and O–H groups in total. The molecule has 0 aliphatic heterocycles. The van der Waals surface area contributed by atoms with Crippen molar-refractivity contribution in [2.75, 3.05) is 5.75 Å². The molecule has 0 heterocycles. The number of hydrogen-bond donors (Lipinski definition) is 5. The van der Waals surface area contributed by atoms with E-state index in [1.165, 1.54) is 32.1 Å². The topological polar surface area (TPSA) is 154 Å². The summed E-state index contributed by atoms with van der Waals surface area (Å²) < 4.78 is 29.5. The SMILES string of the molecule is N=C(N)c1ccc(CNC(=O)C2(NC(=O)C(NS(=O)(=O)CC=CCC3CCCCC3)C3CCCCC3)Cc3ccccc3C2)cc1. The molecule has 1 unspecified atom stereocenters. The maximum Gasteiger partial charge on any atom is 0.246 e. The molecular formula is C36H49N5O4S. The molecule has 2 fully saturated rings. The standard InChI is InChI=1S/C36H49N5O4S/c37-33(38)29-20-18-27(19-21-29)25-39-35(43)36(23-30-16-7-8-17-31(30)24-36)40-34(42)32(28-14-5-2-6-15-28)41-46(44,45)22-10-9-13-26-11-3-1-4-12-26/h7-10,16-21,26,28,32,41H,1-6,11-15,22-25H2,(H3,37,38)(H,39,43)(H,40,42). The highest BCUT2D eigenvalue weighted by molar-refractivity contribution is 7.89. The van der Waals surface area contributed by atoms with Gasteiger partial charge in [0.05, 0.1) is 5.75 Å². The third-order valence-electron chi connectivity index (χ3n) is 10.0. The van der Waals surface area contributed by atoms with Gasteiger partial charge in [-0.15, -0.1) is 0 Å². The summed E-state index contributed by atoms with van der Waals surface area (Å²) >= 11 is 0. The molecule has 3 aliphatic rings. The number of amidine groups is 1. The maximum atomic E-state index is 14.2. The van der Waals surface area contributed by atoms with Gasteiger partial charge in [0.2, 0.25) is 21.8 Å². The second-order valence-corrected chi connectivity index (χ2v) is 15.3. The lowest BCUT2D eigenvalue weighted by Crippen LogP contribution is -2.64. The van der Waals surface area contributed by atoms with E-state index in [1.54, 1.807) is 18.2 Å². The number of hydrogen-bond acceptors (Lipinski definition) is 5. The Morgan fingerprint density at radius 1 is 0.891 bits per heavy atom. The van der Waals surface area contributed by atoms with Crippen LogP contribution in [0.25, 0.3) is 0 Å². The monoisotopic (exact) mass is 647 g/mol. The molecule has 0 bridgehead atoms. The van der Waals surface area contributed by atoms with Gasteiger partial charge in [-0.2, -0.15) is 0 Å². The molecule has 0 spiro atoms. The number of nitrogen functional groups attached to an aromatic ring is 1. The van der Waals surface area contributed by atoms with Crippen molar-refractivity contribution in [1.29, 1.82) is 5.41 Å². The van der Waals surface area contributed by atoms with Crippen LogP contribution in [0.5, 0.6) is 0 Å². The van der Waals surface area contributed by atoms with E-state index in [0.29, 0.717) is 24.3 Å². The van der Waals surface area contributed by atoms with E-state index < -0.39 is 27.5 Å². The zero-order valence-electron chi connectivity index (χ0n) is 26.7. The fourth-order valence-electron chi connectivity index (χ4n) is 7.37. The van der Waals surface area contributed by atoms with Crippen molar-refractivity contribution in [3.63, 3.8) is 0 Å². The first-order chi connectivity index (χ1) is 22.1. The van der Waals surface area contributed by atoms with E-state index in [0.717, 1.165) is 55.2 Å². The van der Waals surface area contributed by atoms with Crippen LogP contribution in [0, 0.1) is 17.2 Å². The number of carbonyl (C=O) groups is 2. The molecule has 46 heavy (non-hydrogen) atoms. The average molecular weight is 648 g/mol. The van der Waals surface area contributed by atoms with Crippen molar-refractivity contribution < 1.29 is 18.0 Å². The van der Waals surface area contributed by atoms with Gasteiger partial charge in [0.1, 0.15) is 17.4 Å². The van der Waals surface area contributed by atoms with Gasteiger partial charge < -0.3 is 16.4 Å². The van der Waals surface area contributed by atoms with Crippen LogP contribution in [0.4, 0.5) is 0 Å². The van der Waals surface area contributed by atoms with Crippen LogP contribution in [0.1, 0.15) is 92.9 Å². The van der Waals surface area contributed by atoms with Gasteiger partial charge in [-0.05, 0) is 47.8 Å². The van der Waals surface area contributed by atoms with Crippen LogP contribution in [0.2, 0.25) is 0 Å². The number of fused-ring (bicyclic) bond motifs is 1. The zero-order valence-corrected chi connectivity index (χ0v) is 27.5. The summed E-state index contributed by atoms with van der Waals surface area (Å²) in [5.74, 6) is -0.480. The lowest BCUT2D eigenvalue weighted by Gasteiger charge is -2.34.